The Labute approximate surface area is 167 Å². The van der Waals surface area contributed by atoms with E-state index < -0.39 is 5.63 Å². The van der Waals surface area contributed by atoms with Crippen molar-refractivity contribution in [3.63, 3.8) is 0 Å². The molecule has 0 bridgehead atoms. The van der Waals surface area contributed by atoms with Crippen LogP contribution in [0.1, 0.15) is 40.5 Å². The van der Waals surface area contributed by atoms with E-state index in [1.165, 1.54) is 16.7 Å². The van der Waals surface area contributed by atoms with E-state index in [0.29, 0.717) is 17.7 Å². The van der Waals surface area contributed by atoms with E-state index in [1.807, 2.05) is 37.3 Å². The largest absolute Gasteiger partial charge is 0.507 e. The minimum atomic E-state index is -0.490. The van der Waals surface area contributed by atoms with Gasteiger partial charge in [-0.05, 0) is 45.2 Å². The first-order valence-electron chi connectivity index (χ1n) is 9.37. The van der Waals surface area contributed by atoms with Gasteiger partial charge in [-0.2, -0.15) is 0 Å². The van der Waals surface area contributed by atoms with E-state index in [1.54, 1.807) is 13.8 Å². The monoisotopic (exact) mass is 376 g/mol. The van der Waals surface area contributed by atoms with Crippen molar-refractivity contribution in [1.82, 2.24) is 0 Å². The highest BCUT2D eigenvalue weighted by Gasteiger charge is 2.11. The van der Waals surface area contributed by atoms with Gasteiger partial charge in [0.1, 0.15) is 11.5 Å². The molecule has 2 aromatic rings. The van der Waals surface area contributed by atoms with Gasteiger partial charge in [-0.25, -0.2) is 4.79 Å². The highest BCUT2D eigenvalue weighted by Crippen LogP contribution is 2.22. The maximum Gasteiger partial charge on any atom is 0.342 e. The Balaban J connectivity index is 2.08. The molecule has 0 aliphatic carbocycles. The molecule has 28 heavy (non-hydrogen) atoms. The maximum absolute atomic E-state index is 11.7. The Morgan fingerprint density at radius 1 is 1.14 bits per heavy atom. The molecule has 3 nitrogen and oxygen atoms in total. The standard InChI is InChI=1S/C25H28O3/c1-6-9-22-16-18(3)12-14-21(22)11-8-7-10-17(2)13-15-23-19(4)24(26)20(5)25(27)28-23/h6-8,10-14,16,26H,1,9,15H2,2-5H3/b10-7-,11-8-,17-13+. The van der Waals surface area contributed by atoms with Gasteiger partial charge in [-0.15, -0.1) is 6.58 Å². The van der Waals surface area contributed by atoms with Crippen LogP contribution in [-0.2, 0) is 12.8 Å². The summed E-state index contributed by atoms with van der Waals surface area (Å²) in [4.78, 5) is 11.7. The Bertz CT molecular complexity index is 1000. The molecule has 0 fully saturated rings. The van der Waals surface area contributed by atoms with Crippen molar-refractivity contribution in [3.05, 3.63) is 105 Å². The predicted molar refractivity (Wildman–Crippen MR) is 117 cm³/mol. The lowest BCUT2D eigenvalue weighted by atomic mass is 10.0. The highest BCUT2D eigenvalue weighted by molar-refractivity contribution is 5.56. The minimum absolute atomic E-state index is 0.0178. The molecular formula is C25H28O3. The van der Waals surface area contributed by atoms with Gasteiger partial charge in [-0.1, -0.05) is 65.8 Å². The fourth-order valence-electron chi connectivity index (χ4n) is 2.89. The van der Waals surface area contributed by atoms with Crippen molar-refractivity contribution in [3.8, 4) is 5.75 Å². The normalized spacial score (nSPS) is 12.2. The quantitative estimate of drug-likeness (QED) is 0.494. The number of hydrogen-bond donors (Lipinski definition) is 1. The van der Waals surface area contributed by atoms with Gasteiger partial charge in [0.25, 0.3) is 0 Å². The molecule has 0 saturated heterocycles. The molecule has 0 amide bonds. The van der Waals surface area contributed by atoms with E-state index in [0.717, 1.165) is 12.0 Å². The molecule has 0 unspecified atom stereocenters. The molecule has 1 aromatic carbocycles. The summed E-state index contributed by atoms with van der Waals surface area (Å²) in [6.45, 7) is 11.2. The molecule has 1 N–H and O–H groups in total. The summed E-state index contributed by atoms with van der Waals surface area (Å²) in [6.07, 6.45) is 13.3. The van der Waals surface area contributed by atoms with Crippen LogP contribution in [0.5, 0.6) is 5.75 Å². The van der Waals surface area contributed by atoms with Crippen LogP contribution in [0.15, 0.2) is 69.9 Å². The first-order chi connectivity index (χ1) is 13.3. The van der Waals surface area contributed by atoms with Crippen molar-refractivity contribution in [2.75, 3.05) is 0 Å². The van der Waals surface area contributed by atoms with Gasteiger partial charge < -0.3 is 9.52 Å². The highest BCUT2D eigenvalue weighted by atomic mass is 16.4. The van der Waals surface area contributed by atoms with Crippen LogP contribution in [0.3, 0.4) is 0 Å². The van der Waals surface area contributed by atoms with Gasteiger partial charge in [0.2, 0.25) is 0 Å². The topological polar surface area (TPSA) is 50.4 Å². The fraction of sp³-hybridized carbons (Fsp3) is 0.240. The van der Waals surface area contributed by atoms with Gasteiger partial charge in [0, 0.05) is 12.0 Å². The predicted octanol–water partition coefficient (Wildman–Crippen LogP) is 5.76. The van der Waals surface area contributed by atoms with Crippen LogP contribution in [0.4, 0.5) is 0 Å². The molecule has 0 aliphatic heterocycles. The number of hydrogen-bond acceptors (Lipinski definition) is 3. The Kier molecular flexibility index (Phi) is 7.39. The molecule has 0 spiro atoms. The number of rotatable bonds is 7. The number of aryl methyl sites for hydroxylation is 1. The number of benzene rings is 1. The zero-order chi connectivity index (χ0) is 20.7. The fourth-order valence-corrected chi connectivity index (χ4v) is 2.89. The second-order valence-corrected chi connectivity index (χ2v) is 6.98. The maximum atomic E-state index is 11.7. The van der Waals surface area contributed by atoms with E-state index in [-0.39, 0.29) is 11.3 Å². The molecule has 0 radical (unpaired) electrons. The van der Waals surface area contributed by atoms with Crippen LogP contribution >= 0.6 is 0 Å². The molecule has 3 heteroatoms. The Morgan fingerprint density at radius 2 is 1.89 bits per heavy atom. The molecule has 0 aliphatic rings. The summed E-state index contributed by atoms with van der Waals surface area (Å²) in [6, 6.07) is 6.41. The van der Waals surface area contributed by atoms with Crippen molar-refractivity contribution in [2.45, 2.75) is 40.5 Å². The summed E-state index contributed by atoms with van der Waals surface area (Å²) >= 11 is 0. The van der Waals surface area contributed by atoms with E-state index >= 15 is 0 Å². The van der Waals surface area contributed by atoms with Crippen LogP contribution in [0, 0.1) is 20.8 Å². The molecule has 146 valence electrons. The first-order valence-corrected chi connectivity index (χ1v) is 9.37. The van der Waals surface area contributed by atoms with Crippen molar-refractivity contribution >= 4 is 6.08 Å². The SMILES string of the molecule is C=CCc1cc(C)ccc1\C=C/C=C\C(C)=C\Cc1oc(=O)c(C)c(O)c1C. The van der Waals surface area contributed by atoms with E-state index in [2.05, 4.69) is 37.8 Å². The average Bonchev–Trinajstić information content (AvgIpc) is 2.67. The van der Waals surface area contributed by atoms with Gasteiger partial charge in [0.05, 0.1) is 5.56 Å². The van der Waals surface area contributed by atoms with Crippen molar-refractivity contribution in [2.24, 2.45) is 0 Å². The third-order valence-corrected chi connectivity index (χ3v) is 4.67. The number of aromatic hydroxyl groups is 1. The third kappa shape index (κ3) is 5.46. The lowest BCUT2D eigenvalue weighted by Gasteiger charge is -2.06. The zero-order valence-corrected chi connectivity index (χ0v) is 17.1. The lowest BCUT2D eigenvalue weighted by molar-refractivity contribution is 0.415. The molecular weight excluding hydrogens is 348 g/mol. The van der Waals surface area contributed by atoms with Crippen LogP contribution in [0.2, 0.25) is 0 Å². The molecule has 2 rings (SSSR count). The molecule has 1 heterocycles. The zero-order valence-electron chi connectivity index (χ0n) is 17.1. The average molecular weight is 376 g/mol. The summed E-state index contributed by atoms with van der Waals surface area (Å²) < 4.78 is 5.29. The molecule has 0 atom stereocenters. The third-order valence-electron chi connectivity index (χ3n) is 4.67. The molecule has 1 aromatic heterocycles. The van der Waals surface area contributed by atoms with Gasteiger partial charge >= 0.3 is 5.63 Å². The Hall–Kier alpha value is -3.07. The smallest absolute Gasteiger partial charge is 0.342 e. The van der Waals surface area contributed by atoms with Crippen molar-refractivity contribution < 1.29 is 9.52 Å². The summed E-state index contributed by atoms with van der Waals surface area (Å²) in [5.74, 6) is 0.509. The van der Waals surface area contributed by atoms with Gasteiger partial charge in [-0.3, -0.25) is 0 Å². The summed E-state index contributed by atoms with van der Waals surface area (Å²) in [5.41, 5.74) is 5.10. The molecule has 0 saturated carbocycles. The summed E-state index contributed by atoms with van der Waals surface area (Å²) in [7, 11) is 0. The van der Waals surface area contributed by atoms with Crippen molar-refractivity contribution in [1.29, 1.82) is 0 Å². The lowest BCUT2D eigenvalue weighted by Crippen LogP contribution is -2.07. The van der Waals surface area contributed by atoms with E-state index in [4.69, 9.17) is 4.42 Å². The van der Waals surface area contributed by atoms with Gasteiger partial charge in [0.15, 0.2) is 0 Å². The first kappa shape index (κ1) is 21.2. The van der Waals surface area contributed by atoms with Crippen LogP contribution < -0.4 is 5.63 Å². The second-order valence-electron chi connectivity index (χ2n) is 6.98. The van der Waals surface area contributed by atoms with E-state index in [9.17, 15) is 9.90 Å². The Morgan fingerprint density at radius 3 is 2.61 bits per heavy atom. The van der Waals surface area contributed by atoms with Crippen LogP contribution in [-0.4, -0.2) is 5.11 Å². The second kappa shape index (κ2) is 9.75. The number of allylic oxidation sites excluding steroid dienone is 6. The summed E-state index contributed by atoms with van der Waals surface area (Å²) in [5, 5.41) is 9.98. The minimum Gasteiger partial charge on any atom is -0.507 e. The van der Waals surface area contributed by atoms with Crippen LogP contribution in [0.25, 0.3) is 6.08 Å².